The Hall–Kier alpha value is -2.22. The average molecular weight is 485 g/mol. The first-order valence-electron chi connectivity index (χ1n) is 13.0. The van der Waals surface area contributed by atoms with E-state index in [2.05, 4.69) is 34.8 Å². The lowest BCUT2D eigenvalue weighted by atomic mass is 9.82. The molecule has 192 valence electrons. The average Bonchev–Trinajstić information content (AvgIpc) is 2.86. The number of halogens is 1. The molecule has 0 unspecified atom stereocenters. The summed E-state index contributed by atoms with van der Waals surface area (Å²) in [6.45, 7) is 7.71. The van der Waals surface area contributed by atoms with Gasteiger partial charge in [-0.15, -0.1) is 0 Å². The molecule has 0 radical (unpaired) electrons. The molecule has 1 aromatic heterocycles. The van der Waals surface area contributed by atoms with E-state index >= 15 is 0 Å². The van der Waals surface area contributed by atoms with Crippen molar-refractivity contribution in [2.24, 2.45) is 5.41 Å². The number of benzene rings is 1. The van der Waals surface area contributed by atoms with E-state index in [1.165, 1.54) is 6.20 Å². The third-order valence-corrected chi connectivity index (χ3v) is 7.46. The largest absolute Gasteiger partial charge is 0.384 e. The lowest BCUT2D eigenvalue weighted by Gasteiger charge is -2.34. The first kappa shape index (κ1) is 25.9. The second kappa shape index (κ2) is 12.2. The van der Waals surface area contributed by atoms with Gasteiger partial charge < -0.3 is 25.4 Å². The molecule has 0 amide bonds. The summed E-state index contributed by atoms with van der Waals surface area (Å²) < 4.78 is 25.5. The number of nitrogens with one attached hydrogen (secondary N) is 3. The highest BCUT2D eigenvalue weighted by Crippen LogP contribution is 2.32. The van der Waals surface area contributed by atoms with Crippen LogP contribution in [0.4, 0.5) is 15.9 Å². The Morgan fingerprint density at radius 2 is 1.89 bits per heavy atom. The van der Waals surface area contributed by atoms with Gasteiger partial charge in [0.05, 0.1) is 12.8 Å². The number of methoxy groups -OCH3 is 1. The van der Waals surface area contributed by atoms with Crippen molar-refractivity contribution >= 4 is 11.5 Å². The highest BCUT2D eigenvalue weighted by Gasteiger charge is 2.27. The van der Waals surface area contributed by atoms with Gasteiger partial charge in [0.25, 0.3) is 0 Å². The van der Waals surface area contributed by atoms with E-state index in [0.717, 1.165) is 82.0 Å². The maximum Gasteiger partial charge on any atom is 0.149 e. The molecule has 2 heterocycles. The zero-order valence-electron chi connectivity index (χ0n) is 21.4. The number of ether oxygens (including phenoxy) is 2. The molecule has 7 heteroatoms. The number of pyridine rings is 1. The summed E-state index contributed by atoms with van der Waals surface area (Å²) >= 11 is 0. The van der Waals surface area contributed by atoms with E-state index in [1.807, 2.05) is 30.3 Å². The molecule has 1 saturated heterocycles. The van der Waals surface area contributed by atoms with Crippen molar-refractivity contribution in [3.8, 4) is 11.1 Å². The molecular formula is C28H41FN4O2. The number of aromatic nitrogens is 1. The fourth-order valence-corrected chi connectivity index (χ4v) is 5.21. The summed E-state index contributed by atoms with van der Waals surface area (Å²) in [4.78, 5) is 4.33. The number of nitrogens with zero attached hydrogens (tertiary/aromatic N) is 1. The van der Waals surface area contributed by atoms with Gasteiger partial charge in [0.1, 0.15) is 11.6 Å². The predicted octanol–water partition coefficient (Wildman–Crippen LogP) is 5.46. The number of anilines is 2. The van der Waals surface area contributed by atoms with Crippen molar-refractivity contribution in [3.05, 3.63) is 42.3 Å². The summed E-state index contributed by atoms with van der Waals surface area (Å²) in [6.07, 6.45) is 7.79. The van der Waals surface area contributed by atoms with Crippen molar-refractivity contribution in [2.75, 3.05) is 44.1 Å². The molecule has 1 atom stereocenters. The maximum absolute atomic E-state index is 14.8. The molecule has 2 aliphatic rings. The molecule has 6 nitrogen and oxygen atoms in total. The number of hydrogen-bond donors (Lipinski definition) is 3. The molecule has 3 N–H and O–H groups in total. The predicted molar refractivity (Wildman–Crippen MR) is 140 cm³/mol. The minimum Gasteiger partial charge on any atom is -0.384 e. The molecule has 2 fully saturated rings. The molecule has 4 rings (SSSR count). The Morgan fingerprint density at radius 3 is 2.63 bits per heavy atom. The van der Waals surface area contributed by atoms with Gasteiger partial charge in [-0.25, -0.2) is 9.37 Å². The van der Waals surface area contributed by atoms with E-state index in [1.54, 1.807) is 7.11 Å². The fourth-order valence-electron chi connectivity index (χ4n) is 5.21. The highest BCUT2D eigenvalue weighted by molar-refractivity contribution is 5.70. The van der Waals surface area contributed by atoms with Crippen LogP contribution < -0.4 is 16.0 Å². The van der Waals surface area contributed by atoms with Crippen LogP contribution in [-0.2, 0) is 9.47 Å². The van der Waals surface area contributed by atoms with E-state index in [0.29, 0.717) is 23.7 Å². The molecule has 1 aliphatic heterocycles. The summed E-state index contributed by atoms with van der Waals surface area (Å²) in [5.41, 5.74) is 2.67. The Kier molecular flexibility index (Phi) is 8.98. The lowest BCUT2D eigenvalue weighted by Crippen LogP contribution is -2.42. The molecular weight excluding hydrogens is 443 g/mol. The van der Waals surface area contributed by atoms with Crippen LogP contribution in [0.2, 0.25) is 0 Å². The van der Waals surface area contributed by atoms with Crippen molar-refractivity contribution < 1.29 is 13.9 Å². The van der Waals surface area contributed by atoms with Crippen LogP contribution in [-0.4, -0.2) is 56.6 Å². The van der Waals surface area contributed by atoms with Gasteiger partial charge in [0, 0.05) is 56.2 Å². The van der Waals surface area contributed by atoms with Crippen molar-refractivity contribution in [1.29, 1.82) is 0 Å². The molecule has 0 bridgehead atoms. The van der Waals surface area contributed by atoms with Gasteiger partial charge in [0.15, 0.2) is 0 Å². The normalized spacial score (nSPS) is 23.0. The standard InChI is InChI=1S/C28H41FN4O2/c1-20(18-34-3)32-22-7-9-23(10-8-22)33-27-16-25(26(29)17-30-27)21-5-4-6-24(15-21)31-19-28(2)11-13-35-14-12-28/h4-6,15-17,20,22-23,31-32H,7-14,18-19H2,1-3H3,(H,30,33)/t20-,22-,23-/m1/s1. The van der Waals surface area contributed by atoms with Gasteiger partial charge in [-0.2, -0.15) is 0 Å². The topological polar surface area (TPSA) is 67.4 Å². The number of rotatable bonds is 10. The highest BCUT2D eigenvalue weighted by atomic mass is 19.1. The number of hydrogen-bond acceptors (Lipinski definition) is 6. The van der Waals surface area contributed by atoms with Crippen LogP contribution >= 0.6 is 0 Å². The smallest absolute Gasteiger partial charge is 0.149 e. The second-order valence-corrected chi connectivity index (χ2v) is 10.6. The quantitative estimate of drug-likeness (QED) is 0.416. The van der Waals surface area contributed by atoms with Crippen LogP contribution in [0.15, 0.2) is 36.5 Å². The van der Waals surface area contributed by atoms with Crippen LogP contribution in [0.1, 0.15) is 52.4 Å². The Bertz CT molecular complexity index is 942. The third-order valence-electron chi connectivity index (χ3n) is 7.46. The summed E-state index contributed by atoms with van der Waals surface area (Å²) in [7, 11) is 1.74. The minimum atomic E-state index is -0.302. The van der Waals surface area contributed by atoms with Gasteiger partial charge in [-0.1, -0.05) is 19.1 Å². The Labute approximate surface area is 209 Å². The van der Waals surface area contributed by atoms with Gasteiger partial charge >= 0.3 is 0 Å². The molecule has 0 spiro atoms. The maximum atomic E-state index is 14.8. The van der Waals surface area contributed by atoms with E-state index in [-0.39, 0.29) is 11.2 Å². The van der Waals surface area contributed by atoms with Crippen molar-refractivity contribution in [2.45, 2.75) is 70.5 Å². The zero-order valence-corrected chi connectivity index (χ0v) is 21.4. The lowest BCUT2D eigenvalue weighted by molar-refractivity contribution is 0.0300. The minimum absolute atomic E-state index is 0.226. The first-order chi connectivity index (χ1) is 16.9. The zero-order chi connectivity index (χ0) is 24.7. The van der Waals surface area contributed by atoms with Crippen molar-refractivity contribution in [3.63, 3.8) is 0 Å². The summed E-state index contributed by atoms with van der Waals surface area (Å²) in [6, 6.07) is 11.1. The Morgan fingerprint density at radius 1 is 1.14 bits per heavy atom. The second-order valence-electron chi connectivity index (χ2n) is 10.6. The van der Waals surface area contributed by atoms with Gasteiger partial charge in [0.2, 0.25) is 0 Å². The fraction of sp³-hybridized carbons (Fsp3) is 0.607. The van der Waals surface area contributed by atoms with Crippen molar-refractivity contribution in [1.82, 2.24) is 10.3 Å². The Balaban J connectivity index is 1.36. The van der Waals surface area contributed by atoms with Crippen LogP contribution in [0.3, 0.4) is 0 Å². The SMILES string of the molecule is COC[C@@H](C)N[C@H]1CC[C@H](Nc2cc(-c3cccc(NCC4(C)CCOCC4)c3)c(F)cn2)CC1. The van der Waals surface area contributed by atoms with E-state index in [4.69, 9.17) is 9.47 Å². The molecule has 1 saturated carbocycles. The van der Waals surface area contributed by atoms with Gasteiger partial charge in [-0.05, 0) is 74.6 Å². The summed E-state index contributed by atoms with van der Waals surface area (Å²) in [5.74, 6) is 0.433. The van der Waals surface area contributed by atoms with Crippen LogP contribution in [0.25, 0.3) is 11.1 Å². The monoisotopic (exact) mass is 484 g/mol. The molecule has 1 aromatic carbocycles. The molecule has 2 aromatic rings. The van der Waals surface area contributed by atoms with Crippen LogP contribution in [0, 0.1) is 11.2 Å². The third kappa shape index (κ3) is 7.38. The van der Waals surface area contributed by atoms with Crippen LogP contribution in [0.5, 0.6) is 0 Å². The molecule has 1 aliphatic carbocycles. The van der Waals surface area contributed by atoms with Gasteiger partial charge in [-0.3, -0.25) is 0 Å². The summed E-state index contributed by atoms with van der Waals surface area (Å²) in [5, 5.41) is 10.8. The first-order valence-corrected chi connectivity index (χ1v) is 13.0. The van der Waals surface area contributed by atoms with E-state index in [9.17, 15) is 4.39 Å². The molecule has 35 heavy (non-hydrogen) atoms. The van der Waals surface area contributed by atoms with E-state index < -0.39 is 0 Å².